The van der Waals surface area contributed by atoms with Gasteiger partial charge >= 0.3 is 0 Å². The van der Waals surface area contributed by atoms with Crippen LogP contribution in [0.4, 0.5) is 5.82 Å². The van der Waals surface area contributed by atoms with Crippen molar-refractivity contribution in [3.05, 3.63) is 65.3 Å². The Balaban J connectivity index is 1.59. The molecule has 1 N–H and O–H groups in total. The third-order valence-electron chi connectivity index (χ3n) is 3.93. The van der Waals surface area contributed by atoms with E-state index in [1.165, 1.54) is 5.56 Å². The van der Waals surface area contributed by atoms with Gasteiger partial charge in [0.05, 0.1) is 18.1 Å². The van der Waals surface area contributed by atoms with E-state index >= 15 is 0 Å². The molecule has 0 spiro atoms. The maximum Gasteiger partial charge on any atom is 0.146 e. The van der Waals surface area contributed by atoms with E-state index in [0.717, 1.165) is 40.0 Å². The van der Waals surface area contributed by atoms with Crippen molar-refractivity contribution in [1.82, 2.24) is 15.1 Å². The average molecular weight is 354 g/mol. The Morgan fingerprint density at radius 2 is 1.96 bits per heavy atom. The van der Waals surface area contributed by atoms with Crippen molar-refractivity contribution in [2.24, 2.45) is 0 Å². The van der Waals surface area contributed by atoms with Gasteiger partial charge in [-0.3, -0.25) is 4.98 Å². The van der Waals surface area contributed by atoms with Gasteiger partial charge in [-0.05, 0) is 32.8 Å². The fourth-order valence-electron chi connectivity index (χ4n) is 2.62. The first kappa shape index (κ1) is 17.5. The summed E-state index contributed by atoms with van der Waals surface area (Å²) in [5, 5.41) is 8.34. The number of hydrogen-bond donors (Lipinski definition) is 1. The Morgan fingerprint density at radius 3 is 2.68 bits per heavy atom. The molecular weight excluding hydrogens is 332 g/mol. The number of thioether (sulfide) groups is 1. The molecule has 25 heavy (non-hydrogen) atoms. The summed E-state index contributed by atoms with van der Waals surface area (Å²) in [5.41, 5.74) is 3.38. The second-order valence-corrected chi connectivity index (χ2v) is 7.06. The van der Waals surface area contributed by atoms with Crippen LogP contribution in [0.5, 0.6) is 0 Å². The first-order valence-electron chi connectivity index (χ1n) is 8.29. The summed E-state index contributed by atoms with van der Waals surface area (Å²) >= 11 is 1.69. The van der Waals surface area contributed by atoms with Gasteiger partial charge in [-0.15, -0.1) is 11.8 Å². The summed E-state index contributed by atoms with van der Waals surface area (Å²) in [7, 11) is 0. The number of hydrogen-bond acceptors (Lipinski definition) is 6. The average Bonchev–Trinajstić information content (AvgIpc) is 2.93. The van der Waals surface area contributed by atoms with Gasteiger partial charge in [-0.2, -0.15) is 0 Å². The SMILES string of the molecule is Cc1noc(C)c1CC(C)Nc1cncc(SCc2ccccc2)n1. The predicted molar refractivity (Wildman–Crippen MR) is 101 cm³/mol. The zero-order valence-electron chi connectivity index (χ0n) is 14.7. The van der Waals surface area contributed by atoms with Crippen LogP contribution < -0.4 is 5.32 Å². The van der Waals surface area contributed by atoms with Crippen LogP contribution in [0.1, 0.15) is 29.5 Å². The zero-order chi connectivity index (χ0) is 17.6. The summed E-state index contributed by atoms with van der Waals surface area (Å²) in [6, 6.07) is 10.6. The minimum absolute atomic E-state index is 0.209. The van der Waals surface area contributed by atoms with E-state index < -0.39 is 0 Å². The minimum atomic E-state index is 0.209. The van der Waals surface area contributed by atoms with E-state index in [0.29, 0.717) is 0 Å². The van der Waals surface area contributed by atoms with Gasteiger partial charge < -0.3 is 9.84 Å². The lowest BCUT2D eigenvalue weighted by atomic mass is 10.1. The third-order valence-corrected chi connectivity index (χ3v) is 4.90. The molecule has 1 unspecified atom stereocenters. The lowest BCUT2D eigenvalue weighted by Gasteiger charge is -2.14. The summed E-state index contributed by atoms with van der Waals surface area (Å²) < 4.78 is 5.23. The summed E-state index contributed by atoms with van der Waals surface area (Å²) in [6.45, 7) is 6.04. The molecule has 0 fully saturated rings. The number of nitrogens with zero attached hydrogens (tertiary/aromatic N) is 3. The molecule has 0 aliphatic carbocycles. The predicted octanol–water partition coefficient (Wildman–Crippen LogP) is 4.42. The highest BCUT2D eigenvalue weighted by atomic mass is 32.2. The van der Waals surface area contributed by atoms with Crippen LogP contribution >= 0.6 is 11.8 Å². The van der Waals surface area contributed by atoms with Crippen LogP contribution in [-0.2, 0) is 12.2 Å². The standard InChI is InChI=1S/C19H22N4OS/c1-13(9-17-14(2)23-24-15(17)3)21-18-10-20-11-19(22-18)25-12-16-7-5-4-6-8-16/h4-8,10-11,13H,9,12H2,1-3H3,(H,21,22). The second kappa shape index (κ2) is 8.16. The molecule has 0 aliphatic rings. The first-order chi connectivity index (χ1) is 12.1. The molecule has 3 rings (SSSR count). The van der Waals surface area contributed by atoms with Crippen LogP contribution in [0.15, 0.2) is 52.3 Å². The molecule has 0 amide bonds. The number of benzene rings is 1. The van der Waals surface area contributed by atoms with Crippen molar-refractivity contribution in [2.75, 3.05) is 5.32 Å². The smallest absolute Gasteiger partial charge is 0.146 e. The number of aryl methyl sites for hydroxylation is 2. The zero-order valence-corrected chi connectivity index (χ0v) is 15.5. The van der Waals surface area contributed by atoms with Crippen molar-refractivity contribution < 1.29 is 4.52 Å². The largest absolute Gasteiger partial charge is 0.366 e. The van der Waals surface area contributed by atoms with E-state index in [4.69, 9.17) is 4.52 Å². The van der Waals surface area contributed by atoms with Gasteiger partial charge in [0.2, 0.25) is 0 Å². The van der Waals surface area contributed by atoms with Crippen molar-refractivity contribution >= 4 is 17.6 Å². The van der Waals surface area contributed by atoms with Crippen molar-refractivity contribution in [1.29, 1.82) is 0 Å². The third kappa shape index (κ3) is 4.82. The highest BCUT2D eigenvalue weighted by molar-refractivity contribution is 7.98. The Bertz CT molecular complexity index is 800. The molecule has 6 heteroatoms. The van der Waals surface area contributed by atoms with Crippen LogP contribution in [0.25, 0.3) is 0 Å². The molecular formula is C19H22N4OS. The first-order valence-corrected chi connectivity index (χ1v) is 9.27. The molecule has 2 heterocycles. The molecule has 5 nitrogen and oxygen atoms in total. The summed E-state index contributed by atoms with van der Waals surface area (Å²) in [6.07, 6.45) is 4.40. The quantitative estimate of drug-likeness (QED) is 0.634. The summed E-state index contributed by atoms with van der Waals surface area (Å²) in [4.78, 5) is 8.96. The number of nitrogens with one attached hydrogen (secondary N) is 1. The van der Waals surface area contributed by atoms with Gasteiger partial charge in [0.1, 0.15) is 16.6 Å². The van der Waals surface area contributed by atoms with Gasteiger partial charge in [-0.25, -0.2) is 4.98 Å². The van der Waals surface area contributed by atoms with Gasteiger partial charge in [0.25, 0.3) is 0 Å². The molecule has 0 bridgehead atoms. The number of anilines is 1. The van der Waals surface area contributed by atoms with Gasteiger partial charge in [0, 0.05) is 17.4 Å². The monoisotopic (exact) mass is 354 g/mol. The highest BCUT2D eigenvalue weighted by Gasteiger charge is 2.13. The topological polar surface area (TPSA) is 63.8 Å². The molecule has 0 saturated heterocycles. The maximum absolute atomic E-state index is 5.23. The van der Waals surface area contributed by atoms with Crippen LogP contribution in [0, 0.1) is 13.8 Å². The molecule has 0 radical (unpaired) electrons. The van der Waals surface area contributed by atoms with E-state index in [9.17, 15) is 0 Å². The Morgan fingerprint density at radius 1 is 1.16 bits per heavy atom. The van der Waals surface area contributed by atoms with Crippen molar-refractivity contribution in [3.8, 4) is 0 Å². The molecule has 0 aliphatic heterocycles. The van der Waals surface area contributed by atoms with Crippen LogP contribution in [0.3, 0.4) is 0 Å². The van der Waals surface area contributed by atoms with Crippen molar-refractivity contribution in [3.63, 3.8) is 0 Å². The fraction of sp³-hybridized carbons (Fsp3) is 0.316. The van der Waals surface area contributed by atoms with E-state index in [1.54, 1.807) is 24.2 Å². The van der Waals surface area contributed by atoms with Gasteiger partial charge in [-0.1, -0.05) is 35.5 Å². The van der Waals surface area contributed by atoms with Crippen LogP contribution in [-0.4, -0.2) is 21.2 Å². The van der Waals surface area contributed by atoms with E-state index in [-0.39, 0.29) is 6.04 Å². The second-order valence-electron chi connectivity index (χ2n) is 6.07. The number of rotatable bonds is 7. The Hall–Kier alpha value is -2.34. The fourth-order valence-corrected chi connectivity index (χ4v) is 3.43. The molecule has 1 aromatic carbocycles. The van der Waals surface area contributed by atoms with E-state index in [1.807, 2.05) is 19.9 Å². The highest BCUT2D eigenvalue weighted by Crippen LogP contribution is 2.22. The normalized spacial score (nSPS) is 12.1. The minimum Gasteiger partial charge on any atom is -0.366 e. The Labute approximate surface area is 152 Å². The molecule has 130 valence electrons. The molecule has 3 aromatic rings. The molecule has 1 atom stereocenters. The lowest BCUT2D eigenvalue weighted by molar-refractivity contribution is 0.392. The van der Waals surface area contributed by atoms with Crippen molar-refractivity contribution in [2.45, 2.75) is 44.0 Å². The Kier molecular flexibility index (Phi) is 5.71. The molecule has 0 saturated carbocycles. The number of aromatic nitrogens is 3. The lowest BCUT2D eigenvalue weighted by Crippen LogP contribution is -2.19. The van der Waals surface area contributed by atoms with E-state index in [2.05, 4.69) is 51.6 Å². The van der Waals surface area contributed by atoms with Crippen LogP contribution in [0.2, 0.25) is 0 Å². The maximum atomic E-state index is 5.23. The summed E-state index contributed by atoms with van der Waals surface area (Å²) in [5.74, 6) is 2.55. The van der Waals surface area contributed by atoms with Gasteiger partial charge in [0.15, 0.2) is 0 Å². The molecule has 2 aromatic heterocycles.